The van der Waals surface area contributed by atoms with Crippen LogP contribution in [0.1, 0.15) is 29.4 Å². The lowest BCUT2D eigenvalue weighted by atomic mass is 9.95. The van der Waals surface area contributed by atoms with Crippen molar-refractivity contribution in [3.63, 3.8) is 0 Å². The third-order valence-electron chi connectivity index (χ3n) is 4.46. The molecule has 1 aliphatic heterocycles. The predicted molar refractivity (Wildman–Crippen MR) is 86.4 cm³/mol. The van der Waals surface area contributed by atoms with Gasteiger partial charge in [-0.05, 0) is 37.6 Å². The number of hydrogen-bond donors (Lipinski definition) is 2. The summed E-state index contributed by atoms with van der Waals surface area (Å²) in [4.78, 5) is 12.5. The first-order chi connectivity index (χ1) is 12.3. The number of alkyl halides is 3. The van der Waals surface area contributed by atoms with Crippen LogP contribution in [0.5, 0.6) is 0 Å². The Bertz CT molecular complexity index is 802. The minimum Gasteiger partial charge on any atom is -0.349 e. The fraction of sp³-hybridized carbons (Fsp3) is 0.412. The smallest absolute Gasteiger partial charge is 0.349 e. The first-order valence-electron chi connectivity index (χ1n) is 8.20. The molecule has 2 aromatic rings. The highest BCUT2D eigenvalue weighted by atomic mass is 19.4. The molecular weight excluding hydrogens is 352 g/mol. The number of aromatic nitrogens is 2. The van der Waals surface area contributed by atoms with Gasteiger partial charge in [-0.15, -0.1) is 0 Å². The summed E-state index contributed by atoms with van der Waals surface area (Å²) in [6.45, 7) is 3.26. The summed E-state index contributed by atoms with van der Waals surface area (Å²) in [6, 6.07) is 4.74. The van der Waals surface area contributed by atoms with Crippen LogP contribution < -0.4 is 10.6 Å². The van der Waals surface area contributed by atoms with Crippen LogP contribution in [-0.2, 0) is 6.18 Å². The zero-order chi connectivity index (χ0) is 18.9. The maximum Gasteiger partial charge on any atom is 0.434 e. The molecule has 2 atom stereocenters. The largest absolute Gasteiger partial charge is 0.434 e. The number of carbonyl (C=O) groups is 1. The molecule has 1 aromatic carbocycles. The van der Waals surface area contributed by atoms with Crippen molar-refractivity contribution in [2.45, 2.75) is 25.6 Å². The van der Waals surface area contributed by atoms with Crippen molar-refractivity contribution in [2.24, 2.45) is 5.92 Å². The van der Waals surface area contributed by atoms with Gasteiger partial charge in [0.05, 0.1) is 11.8 Å². The molecule has 9 heteroatoms. The number of nitrogens with zero attached hydrogens (tertiary/aromatic N) is 2. The molecule has 1 aromatic heterocycles. The maximum atomic E-state index is 13.9. The summed E-state index contributed by atoms with van der Waals surface area (Å²) >= 11 is 0. The van der Waals surface area contributed by atoms with Crippen LogP contribution in [0.25, 0.3) is 5.69 Å². The van der Waals surface area contributed by atoms with Gasteiger partial charge in [0.15, 0.2) is 5.69 Å². The first-order valence-corrected chi connectivity index (χ1v) is 8.20. The van der Waals surface area contributed by atoms with Crippen molar-refractivity contribution >= 4 is 5.91 Å². The fourth-order valence-electron chi connectivity index (χ4n) is 3.07. The zero-order valence-corrected chi connectivity index (χ0v) is 14.0. The van der Waals surface area contributed by atoms with E-state index in [4.69, 9.17) is 0 Å². The van der Waals surface area contributed by atoms with Crippen molar-refractivity contribution in [1.82, 2.24) is 20.4 Å². The van der Waals surface area contributed by atoms with Crippen LogP contribution in [0.3, 0.4) is 0 Å². The quantitative estimate of drug-likeness (QED) is 0.817. The SMILES string of the molecule is CC1CNCCC1NC(=O)c1cnn(-c2ccccc2F)c1C(F)(F)F. The summed E-state index contributed by atoms with van der Waals surface area (Å²) in [5.74, 6) is -1.64. The lowest BCUT2D eigenvalue weighted by Crippen LogP contribution is -2.48. The average Bonchev–Trinajstić information content (AvgIpc) is 3.02. The second-order valence-electron chi connectivity index (χ2n) is 6.32. The fourth-order valence-corrected chi connectivity index (χ4v) is 3.07. The van der Waals surface area contributed by atoms with Crippen molar-refractivity contribution in [1.29, 1.82) is 0 Å². The van der Waals surface area contributed by atoms with E-state index < -0.39 is 29.2 Å². The van der Waals surface area contributed by atoms with Crippen molar-refractivity contribution in [3.8, 4) is 5.69 Å². The van der Waals surface area contributed by atoms with Gasteiger partial charge >= 0.3 is 6.18 Å². The van der Waals surface area contributed by atoms with Gasteiger partial charge in [0.2, 0.25) is 0 Å². The molecule has 1 fully saturated rings. The van der Waals surface area contributed by atoms with E-state index in [2.05, 4.69) is 15.7 Å². The summed E-state index contributed by atoms with van der Waals surface area (Å²) in [7, 11) is 0. The average molecular weight is 370 g/mol. The van der Waals surface area contributed by atoms with Gasteiger partial charge in [-0.2, -0.15) is 18.3 Å². The summed E-state index contributed by atoms with van der Waals surface area (Å²) in [5.41, 5.74) is -2.28. The van der Waals surface area contributed by atoms with Crippen molar-refractivity contribution in [3.05, 3.63) is 47.5 Å². The molecule has 26 heavy (non-hydrogen) atoms. The van der Waals surface area contributed by atoms with Gasteiger partial charge in [0.1, 0.15) is 11.5 Å². The second-order valence-corrected chi connectivity index (χ2v) is 6.32. The number of halogens is 4. The molecule has 2 unspecified atom stereocenters. The summed E-state index contributed by atoms with van der Waals surface area (Å²) in [6.07, 6.45) is -3.42. The van der Waals surface area contributed by atoms with Gasteiger partial charge in [-0.25, -0.2) is 9.07 Å². The Hall–Kier alpha value is -2.42. The molecule has 0 spiro atoms. The van der Waals surface area contributed by atoms with Crippen LogP contribution >= 0.6 is 0 Å². The van der Waals surface area contributed by atoms with Crippen LogP contribution in [0.2, 0.25) is 0 Å². The topological polar surface area (TPSA) is 58.9 Å². The first kappa shape index (κ1) is 18.4. The van der Waals surface area contributed by atoms with E-state index in [9.17, 15) is 22.4 Å². The van der Waals surface area contributed by atoms with Gasteiger partial charge in [0, 0.05) is 6.04 Å². The van der Waals surface area contributed by atoms with Gasteiger partial charge < -0.3 is 10.6 Å². The number of piperidine rings is 1. The van der Waals surface area contributed by atoms with E-state index in [0.717, 1.165) is 12.3 Å². The van der Waals surface area contributed by atoms with Crippen molar-refractivity contribution in [2.75, 3.05) is 13.1 Å². The van der Waals surface area contributed by atoms with Crippen LogP contribution in [0.15, 0.2) is 30.5 Å². The number of benzene rings is 1. The van der Waals surface area contributed by atoms with Crippen LogP contribution in [0.4, 0.5) is 17.6 Å². The summed E-state index contributed by atoms with van der Waals surface area (Å²) in [5, 5.41) is 9.44. The number of carbonyl (C=O) groups excluding carboxylic acids is 1. The molecule has 140 valence electrons. The standard InChI is InChI=1S/C17H18F4N4O/c1-10-8-22-7-6-13(10)24-16(26)11-9-23-25(15(11)17(19,20)21)14-5-3-2-4-12(14)18/h2-5,9-10,13,22H,6-8H2,1H3,(H,24,26). The normalized spacial score (nSPS) is 20.8. The predicted octanol–water partition coefficient (Wildman–Crippen LogP) is 2.76. The summed E-state index contributed by atoms with van der Waals surface area (Å²) < 4.78 is 55.2. The van der Waals surface area contributed by atoms with Crippen LogP contribution in [0, 0.1) is 11.7 Å². The number of hydrogen-bond acceptors (Lipinski definition) is 3. The molecule has 0 saturated carbocycles. The number of para-hydroxylation sites is 1. The minimum absolute atomic E-state index is 0.0867. The van der Waals surface area contributed by atoms with E-state index in [1.165, 1.54) is 18.2 Å². The van der Waals surface area contributed by atoms with Gasteiger partial charge in [0.25, 0.3) is 5.91 Å². The molecule has 1 saturated heterocycles. The number of nitrogens with one attached hydrogen (secondary N) is 2. The second kappa shape index (κ2) is 7.06. The van der Waals surface area contributed by atoms with Gasteiger partial charge in [-0.3, -0.25) is 4.79 Å². The Kier molecular flexibility index (Phi) is 4.99. The monoisotopic (exact) mass is 370 g/mol. The molecular formula is C17H18F4N4O. The molecule has 0 aliphatic carbocycles. The number of amides is 1. The van der Waals surface area contributed by atoms with E-state index in [0.29, 0.717) is 24.2 Å². The molecule has 0 radical (unpaired) electrons. The lowest BCUT2D eigenvalue weighted by Gasteiger charge is -2.30. The molecule has 3 rings (SSSR count). The molecule has 0 bridgehead atoms. The third kappa shape index (κ3) is 3.57. The van der Waals surface area contributed by atoms with Crippen molar-refractivity contribution < 1.29 is 22.4 Å². The Morgan fingerprint density at radius 2 is 2.08 bits per heavy atom. The maximum absolute atomic E-state index is 13.9. The molecule has 1 aliphatic rings. The highest BCUT2D eigenvalue weighted by molar-refractivity contribution is 5.95. The number of rotatable bonds is 3. The molecule has 5 nitrogen and oxygen atoms in total. The minimum atomic E-state index is -4.87. The molecule has 2 heterocycles. The van der Waals surface area contributed by atoms with E-state index >= 15 is 0 Å². The Morgan fingerprint density at radius 3 is 2.73 bits per heavy atom. The van der Waals surface area contributed by atoms with E-state index in [-0.39, 0.29) is 17.6 Å². The third-order valence-corrected chi connectivity index (χ3v) is 4.46. The lowest BCUT2D eigenvalue weighted by molar-refractivity contribution is -0.143. The molecule has 2 N–H and O–H groups in total. The Morgan fingerprint density at radius 1 is 1.35 bits per heavy atom. The van der Waals surface area contributed by atoms with E-state index in [1.54, 1.807) is 0 Å². The van der Waals surface area contributed by atoms with Crippen LogP contribution in [-0.4, -0.2) is 34.8 Å². The van der Waals surface area contributed by atoms with E-state index in [1.807, 2.05) is 6.92 Å². The Balaban J connectivity index is 1.97. The highest BCUT2D eigenvalue weighted by Crippen LogP contribution is 2.34. The zero-order valence-electron chi connectivity index (χ0n) is 14.0. The molecule has 1 amide bonds. The Labute approximate surface area is 147 Å². The van der Waals surface area contributed by atoms with Gasteiger partial charge in [-0.1, -0.05) is 19.1 Å². The highest BCUT2D eigenvalue weighted by Gasteiger charge is 2.41.